The van der Waals surface area contributed by atoms with Crippen molar-refractivity contribution in [3.63, 3.8) is 0 Å². The quantitative estimate of drug-likeness (QED) is 0.906. The van der Waals surface area contributed by atoms with Gasteiger partial charge in [-0.05, 0) is 42.2 Å². The Hall–Kier alpha value is -1.35. The van der Waals surface area contributed by atoms with E-state index in [0.717, 1.165) is 31.2 Å². The monoisotopic (exact) mass is 300 g/mol. The highest BCUT2D eigenvalue weighted by Crippen LogP contribution is 2.29. The molecule has 1 aromatic carbocycles. The molecule has 1 heterocycles. The molecule has 1 N–H and O–H groups in total. The van der Waals surface area contributed by atoms with Crippen LogP contribution >= 0.6 is 0 Å². The Morgan fingerprint density at radius 3 is 2.41 bits per heavy atom. The fourth-order valence-electron chi connectivity index (χ4n) is 3.72. The Labute approximate surface area is 134 Å². The second kappa shape index (κ2) is 6.82. The first-order valence-electron chi connectivity index (χ1n) is 8.68. The summed E-state index contributed by atoms with van der Waals surface area (Å²) in [6.45, 7) is 8.75. The minimum Gasteiger partial charge on any atom is -0.352 e. The van der Waals surface area contributed by atoms with E-state index >= 15 is 0 Å². The van der Waals surface area contributed by atoms with Gasteiger partial charge >= 0.3 is 0 Å². The molecule has 2 fully saturated rings. The number of nitrogens with zero attached hydrogens (tertiary/aromatic N) is 1. The molecule has 0 bridgehead atoms. The van der Waals surface area contributed by atoms with E-state index in [1.54, 1.807) is 0 Å². The van der Waals surface area contributed by atoms with Gasteiger partial charge in [0.15, 0.2) is 0 Å². The van der Waals surface area contributed by atoms with Crippen LogP contribution in [0.1, 0.15) is 44.2 Å². The third kappa shape index (κ3) is 4.10. The van der Waals surface area contributed by atoms with Gasteiger partial charge in [-0.1, -0.05) is 38.1 Å². The van der Waals surface area contributed by atoms with Gasteiger partial charge in [0.2, 0.25) is 5.91 Å². The molecule has 22 heavy (non-hydrogen) atoms. The molecular formula is C19H28N2O. The smallest absolute Gasteiger partial charge is 0.223 e. The van der Waals surface area contributed by atoms with Gasteiger partial charge in [0.1, 0.15) is 0 Å². The molecule has 1 saturated carbocycles. The van der Waals surface area contributed by atoms with Crippen molar-refractivity contribution in [2.45, 2.75) is 46.2 Å². The van der Waals surface area contributed by atoms with E-state index in [1.165, 1.54) is 30.6 Å². The Balaban J connectivity index is 1.61. The molecule has 3 rings (SSSR count). The zero-order valence-electron chi connectivity index (χ0n) is 13.8. The fourth-order valence-corrected chi connectivity index (χ4v) is 3.72. The number of nitrogens with one attached hydrogen (secondary N) is 1. The van der Waals surface area contributed by atoms with Crippen LogP contribution < -0.4 is 5.32 Å². The minimum absolute atomic E-state index is 0.232. The van der Waals surface area contributed by atoms with Gasteiger partial charge in [-0.25, -0.2) is 0 Å². The first-order valence-corrected chi connectivity index (χ1v) is 8.68. The average molecular weight is 300 g/mol. The Bertz CT molecular complexity index is 514. The molecule has 1 aliphatic heterocycles. The molecular weight excluding hydrogens is 272 g/mol. The summed E-state index contributed by atoms with van der Waals surface area (Å²) in [5.41, 5.74) is 2.63. The summed E-state index contributed by atoms with van der Waals surface area (Å²) in [6, 6.07) is 8.55. The number of carbonyl (C=O) groups is 1. The topological polar surface area (TPSA) is 32.3 Å². The normalized spacial score (nSPS) is 25.9. The van der Waals surface area contributed by atoms with Gasteiger partial charge in [0.25, 0.3) is 0 Å². The van der Waals surface area contributed by atoms with E-state index in [1.807, 2.05) is 0 Å². The number of carbonyl (C=O) groups excluding carboxylic acids is 1. The first kappa shape index (κ1) is 15.5. The van der Waals surface area contributed by atoms with E-state index in [4.69, 9.17) is 0 Å². The molecule has 0 radical (unpaired) electrons. The third-order valence-electron chi connectivity index (χ3n) is 4.86. The number of hydrogen-bond acceptors (Lipinski definition) is 2. The lowest BCUT2D eigenvalue weighted by molar-refractivity contribution is -0.122. The zero-order valence-corrected chi connectivity index (χ0v) is 13.8. The highest BCUT2D eigenvalue weighted by Gasteiger charge is 2.29. The van der Waals surface area contributed by atoms with E-state index in [9.17, 15) is 4.79 Å². The number of benzene rings is 1. The molecule has 2 aliphatic rings. The summed E-state index contributed by atoms with van der Waals surface area (Å²) in [5.74, 6) is 2.09. The van der Waals surface area contributed by atoms with Gasteiger partial charge in [-0.3, -0.25) is 9.69 Å². The molecule has 120 valence electrons. The summed E-state index contributed by atoms with van der Waals surface area (Å²) in [7, 11) is 0. The second-order valence-corrected chi connectivity index (χ2v) is 7.40. The maximum absolute atomic E-state index is 11.8. The van der Waals surface area contributed by atoms with Crippen LogP contribution in [-0.4, -0.2) is 23.9 Å². The van der Waals surface area contributed by atoms with Gasteiger partial charge in [-0.2, -0.15) is 0 Å². The molecule has 1 aromatic rings. The van der Waals surface area contributed by atoms with Crippen molar-refractivity contribution in [3.05, 3.63) is 35.4 Å². The lowest BCUT2D eigenvalue weighted by Gasteiger charge is -2.35. The number of amides is 1. The molecule has 2 atom stereocenters. The highest BCUT2D eigenvalue weighted by molar-refractivity contribution is 5.80. The highest BCUT2D eigenvalue weighted by atomic mass is 16.2. The van der Waals surface area contributed by atoms with Crippen molar-refractivity contribution in [3.8, 4) is 0 Å². The van der Waals surface area contributed by atoms with Gasteiger partial charge in [0.05, 0.1) is 0 Å². The maximum Gasteiger partial charge on any atom is 0.223 e. The van der Waals surface area contributed by atoms with Crippen LogP contribution in [-0.2, 0) is 17.9 Å². The van der Waals surface area contributed by atoms with Crippen molar-refractivity contribution < 1.29 is 4.79 Å². The summed E-state index contributed by atoms with van der Waals surface area (Å²) in [4.78, 5) is 14.4. The van der Waals surface area contributed by atoms with Crippen molar-refractivity contribution in [1.29, 1.82) is 0 Å². The third-order valence-corrected chi connectivity index (χ3v) is 4.86. The van der Waals surface area contributed by atoms with Gasteiger partial charge in [-0.15, -0.1) is 0 Å². The Morgan fingerprint density at radius 2 is 1.77 bits per heavy atom. The van der Waals surface area contributed by atoms with E-state index in [0.29, 0.717) is 6.54 Å². The average Bonchev–Trinajstić information content (AvgIpc) is 3.29. The molecule has 1 amide bonds. The molecule has 1 saturated heterocycles. The van der Waals surface area contributed by atoms with Crippen molar-refractivity contribution >= 4 is 5.91 Å². The zero-order chi connectivity index (χ0) is 15.5. The maximum atomic E-state index is 11.8. The van der Waals surface area contributed by atoms with Gasteiger partial charge in [0, 0.05) is 32.1 Å². The van der Waals surface area contributed by atoms with Crippen LogP contribution in [0.15, 0.2) is 24.3 Å². The fraction of sp³-hybridized carbons (Fsp3) is 0.632. The van der Waals surface area contributed by atoms with Crippen molar-refractivity contribution in [1.82, 2.24) is 10.2 Å². The molecule has 1 aliphatic carbocycles. The molecule has 3 nitrogen and oxygen atoms in total. The standard InChI is InChI=1S/C19H28N2O/c1-14-9-15(2)12-21(11-14)13-18-6-4-3-5-17(18)10-20-19(22)16-7-8-16/h3-6,14-16H,7-13H2,1-2H3,(H,20,22)/t14-,15-/m0/s1. The summed E-state index contributed by atoms with van der Waals surface area (Å²) in [6.07, 6.45) is 3.48. The largest absolute Gasteiger partial charge is 0.352 e. The SMILES string of the molecule is C[C@H]1C[C@H](C)CN(Cc2ccccc2CNC(=O)C2CC2)C1. The van der Waals surface area contributed by atoms with E-state index in [-0.39, 0.29) is 11.8 Å². The Kier molecular flexibility index (Phi) is 4.82. The van der Waals surface area contributed by atoms with Crippen LogP contribution in [0.3, 0.4) is 0 Å². The van der Waals surface area contributed by atoms with E-state index < -0.39 is 0 Å². The van der Waals surface area contributed by atoms with Crippen LogP contribution in [0.2, 0.25) is 0 Å². The number of piperidine rings is 1. The second-order valence-electron chi connectivity index (χ2n) is 7.40. The summed E-state index contributed by atoms with van der Waals surface area (Å²) in [5, 5.41) is 3.10. The number of rotatable bonds is 5. The predicted octanol–water partition coefficient (Wildman–Crippen LogP) is 3.19. The van der Waals surface area contributed by atoms with Crippen molar-refractivity contribution in [2.24, 2.45) is 17.8 Å². The molecule has 3 heteroatoms. The first-order chi connectivity index (χ1) is 10.6. The summed E-state index contributed by atoms with van der Waals surface area (Å²) < 4.78 is 0. The molecule has 0 spiro atoms. The number of likely N-dealkylation sites (tertiary alicyclic amines) is 1. The minimum atomic E-state index is 0.232. The molecule has 0 aromatic heterocycles. The van der Waals surface area contributed by atoms with Crippen LogP contribution in [0.4, 0.5) is 0 Å². The van der Waals surface area contributed by atoms with Crippen LogP contribution in [0.5, 0.6) is 0 Å². The lowest BCUT2D eigenvalue weighted by atomic mass is 9.91. The van der Waals surface area contributed by atoms with Crippen molar-refractivity contribution in [2.75, 3.05) is 13.1 Å². The lowest BCUT2D eigenvalue weighted by Crippen LogP contribution is -2.38. The van der Waals surface area contributed by atoms with E-state index in [2.05, 4.69) is 48.3 Å². The van der Waals surface area contributed by atoms with Gasteiger partial charge < -0.3 is 5.32 Å². The summed E-state index contributed by atoms with van der Waals surface area (Å²) >= 11 is 0. The predicted molar refractivity (Wildman–Crippen MR) is 89.2 cm³/mol. The number of hydrogen-bond donors (Lipinski definition) is 1. The van der Waals surface area contributed by atoms with Crippen LogP contribution in [0.25, 0.3) is 0 Å². The Morgan fingerprint density at radius 1 is 1.14 bits per heavy atom. The molecule has 0 unspecified atom stereocenters. The van der Waals surface area contributed by atoms with Crippen LogP contribution in [0, 0.1) is 17.8 Å².